The van der Waals surface area contributed by atoms with Crippen LogP contribution in [0.1, 0.15) is 23.2 Å². The predicted octanol–water partition coefficient (Wildman–Crippen LogP) is 1.77. The van der Waals surface area contributed by atoms with Gasteiger partial charge in [0.15, 0.2) is 0 Å². The molecule has 1 heterocycles. The third kappa shape index (κ3) is 2.52. The number of aromatic carboxylic acids is 1. The van der Waals surface area contributed by atoms with E-state index in [9.17, 15) is 13.2 Å². The molecule has 2 rings (SSSR count). The summed E-state index contributed by atoms with van der Waals surface area (Å²) in [5, 5.41) is 9.01. The average molecular weight is 381 g/mol. The molecule has 7 heteroatoms. The van der Waals surface area contributed by atoms with Crippen LogP contribution in [0.3, 0.4) is 0 Å². The first-order valence-electron chi connectivity index (χ1n) is 5.46. The van der Waals surface area contributed by atoms with Crippen molar-refractivity contribution in [2.24, 2.45) is 0 Å². The van der Waals surface area contributed by atoms with Crippen LogP contribution in [0.2, 0.25) is 0 Å². The van der Waals surface area contributed by atoms with Crippen molar-refractivity contribution in [3.05, 3.63) is 27.3 Å². The molecule has 1 fully saturated rings. The topological polar surface area (TPSA) is 74.7 Å². The van der Waals surface area contributed by atoms with E-state index in [-0.39, 0.29) is 10.5 Å². The first kappa shape index (κ1) is 13.8. The van der Waals surface area contributed by atoms with E-state index in [1.165, 1.54) is 22.5 Å². The minimum absolute atomic E-state index is 0.0240. The number of sulfonamides is 1. The first-order valence-corrected chi connectivity index (χ1v) is 7.98. The Balaban J connectivity index is 2.45. The Kier molecular flexibility index (Phi) is 3.93. The summed E-state index contributed by atoms with van der Waals surface area (Å²) in [5.74, 6) is -1.11. The predicted molar refractivity (Wildman–Crippen MR) is 74.1 cm³/mol. The van der Waals surface area contributed by atoms with Crippen LogP contribution in [0.15, 0.2) is 23.1 Å². The van der Waals surface area contributed by atoms with Crippen LogP contribution in [0.4, 0.5) is 0 Å². The van der Waals surface area contributed by atoms with Gasteiger partial charge in [-0.15, -0.1) is 0 Å². The van der Waals surface area contributed by atoms with E-state index in [1.54, 1.807) is 0 Å². The standard InChI is InChI=1S/C11H12INO4S/c12-10-4-3-8(7-9(10)11(14)15)18(16,17)13-5-1-2-6-13/h3-4,7H,1-2,5-6H2,(H,14,15). The number of hydrogen-bond acceptors (Lipinski definition) is 3. The molecule has 1 aliphatic rings. The molecule has 0 bridgehead atoms. The lowest BCUT2D eigenvalue weighted by Gasteiger charge is -2.15. The summed E-state index contributed by atoms with van der Waals surface area (Å²) >= 11 is 1.88. The number of nitrogens with zero attached hydrogens (tertiary/aromatic N) is 1. The van der Waals surface area contributed by atoms with Gasteiger partial charge < -0.3 is 5.11 Å². The lowest BCUT2D eigenvalue weighted by molar-refractivity contribution is 0.0695. The van der Waals surface area contributed by atoms with Gasteiger partial charge in [0.05, 0.1) is 10.5 Å². The second-order valence-electron chi connectivity index (χ2n) is 4.06. The van der Waals surface area contributed by atoms with Crippen molar-refractivity contribution >= 4 is 38.6 Å². The summed E-state index contributed by atoms with van der Waals surface area (Å²) < 4.78 is 26.4. The Morgan fingerprint density at radius 3 is 2.44 bits per heavy atom. The van der Waals surface area contributed by atoms with Crippen LogP contribution >= 0.6 is 22.6 Å². The number of carboxylic acid groups (broad SMARTS) is 1. The maximum absolute atomic E-state index is 12.3. The van der Waals surface area contributed by atoms with Crippen LogP contribution in [0.5, 0.6) is 0 Å². The largest absolute Gasteiger partial charge is 0.478 e. The normalized spacial score (nSPS) is 16.9. The second kappa shape index (κ2) is 5.14. The third-order valence-electron chi connectivity index (χ3n) is 2.87. The molecule has 1 aromatic carbocycles. The van der Waals surface area contributed by atoms with Gasteiger partial charge in [-0.3, -0.25) is 0 Å². The minimum atomic E-state index is -3.54. The molecule has 5 nitrogen and oxygen atoms in total. The fourth-order valence-electron chi connectivity index (χ4n) is 1.91. The van der Waals surface area contributed by atoms with E-state index in [2.05, 4.69) is 0 Å². The number of halogens is 1. The van der Waals surface area contributed by atoms with Gasteiger partial charge in [-0.05, 0) is 53.6 Å². The highest BCUT2D eigenvalue weighted by Crippen LogP contribution is 2.23. The monoisotopic (exact) mass is 381 g/mol. The summed E-state index contributed by atoms with van der Waals surface area (Å²) in [6.07, 6.45) is 1.71. The van der Waals surface area contributed by atoms with Crippen LogP contribution in [-0.4, -0.2) is 36.9 Å². The van der Waals surface area contributed by atoms with Gasteiger partial charge in [0, 0.05) is 16.7 Å². The van der Waals surface area contributed by atoms with Crippen LogP contribution < -0.4 is 0 Å². The van der Waals surface area contributed by atoms with Crippen molar-refractivity contribution in [2.45, 2.75) is 17.7 Å². The molecule has 0 unspecified atom stereocenters. The SMILES string of the molecule is O=C(O)c1cc(S(=O)(=O)N2CCCC2)ccc1I. The van der Waals surface area contributed by atoms with E-state index in [0.717, 1.165) is 12.8 Å². The molecule has 0 spiro atoms. The zero-order chi connectivity index (χ0) is 13.3. The summed E-state index contributed by atoms with van der Waals surface area (Å²) in [7, 11) is -3.54. The molecule has 0 amide bonds. The van der Waals surface area contributed by atoms with Gasteiger partial charge >= 0.3 is 5.97 Å². The van der Waals surface area contributed by atoms with E-state index in [1.807, 2.05) is 22.6 Å². The fraction of sp³-hybridized carbons (Fsp3) is 0.364. The van der Waals surface area contributed by atoms with E-state index < -0.39 is 16.0 Å². The molecule has 1 N–H and O–H groups in total. The molecule has 0 aromatic heterocycles. The molecule has 1 aliphatic heterocycles. The Bertz CT molecular complexity index is 579. The third-order valence-corrected chi connectivity index (χ3v) is 5.71. The summed E-state index contributed by atoms with van der Waals surface area (Å²) in [6.45, 7) is 1.02. The summed E-state index contributed by atoms with van der Waals surface area (Å²) in [4.78, 5) is 11.1. The van der Waals surface area contributed by atoms with Crippen molar-refractivity contribution in [3.8, 4) is 0 Å². The number of benzene rings is 1. The van der Waals surface area contributed by atoms with Crippen molar-refractivity contribution in [3.63, 3.8) is 0 Å². The van der Waals surface area contributed by atoms with Gasteiger partial charge in [0.2, 0.25) is 10.0 Å². The van der Waals surface area contributed by atoms with Crippen molar-refractivity contribution in [1.82, 2.24) is 4.31 Å². The Hall–Kier alpha value is -0.670. The Morgan fingerprint density at radius 1 is 1.28 bits per heavy atom. The quantitative estimate of drug-likeness (QED) is 0.810. The van der Waals surface area contributed by atoms with E-state index in [4.69, 9.17) is 5.11 Å². The molecular formula is C11H12INO4S. The van der Waals surface area contributed by atoms with Crippen LogP contribution in [0.25, 0.3) is 0 Å². The lowest BCUT2D eigenvalue weighted by Crippen LogP contribution is -2.28. The van der Waals surface area contributed by atoms with Gasteiger partial charge in [0.1, 0.15) is 0 Å². The highest BCUT2D eigenvalue weighted by Gasteiger charge is 2.28. The van der Waals surface area contributed by atoms with Gasteiger partial charge in [-0.2, -0.15) is 4.31 Å². The highest BCUT2D eigenvalue weighted by atomic mass is 127. The summed E-state index contributed by atoms with van der Waals surface area (Å²) in [5.41, 5.74) is 0.0240. The first-order chi connectivity index (χ1) is 8.43. The van der Waals surface area contributed by atoms with E-state index >= 15 is 0 Å². The number of carboxylic acids is 1. The number of carbonyl (C=O) groups is 1. The van der Waals surface area contributed by atoms with Crippen LogP contribution in [0, 0.1) is 3.57 Å². The molecule has 18 heavy (non-hydrogen) atoms. The molecular weight excluding hydrogens is 369 g/mol. The van der Waals surface area contributed by atoms with E-state index in [0.29, 0.717) is 16.7 Å². The van der Waals surface area contributed by atoms with Crippen molar-refractivity contribution < 1.29 is 18.3 Å². The summed E-state index contributed by atoms with van der Waals surface area (Å²) in [6, 6.07) is 4.21. The number of hydrogen-bond donors (Lipinski definition) is 1. The molecule has 0 radical (unpaired) electrons. The Labute approximate surface area is 119 Å². The maximum Gasteiger partial charge on any atom is 0.336 e. The fourth-order valence-corrected chi connectivity index (χ4v) is 4.02. The second-order valence-corrected chi connectivity index (χ2v) is 7.16. The molecule has 1 aromatic rings. The van der Waals surface area contributed by atoms with Gasteiger partial charge in [-0.25, -0.2) is 13.2 Å². The Morgan fingerprint density at radius 2 is 1.89 bits per heavy atom. The zero-order valence-corrected chi connectivity index (χ0v) is 12.4. The van der Waals surface area contributed by atoms with Crippen molar-refractivity contribution in [2.75, 3.05) is 13.1 Å². The van der Waals surface area contributed by atoms with Crippen LogP contribution in [-0.2, 0) is 10.0 Å². The smallest absolute Gasteiger partial charge is 0.336 e. The zero-order valence-electron chi connectivity index (χ0n) is 9.47. The lowest BCUT2D eigenvalue weighted by atomic mass is 10.2. The molecule has 98 valence electrons. The molecule has 0 aliphatic carbocycles. The minimum Gasteiger partial charge on any atom is -0.478 e. The number of rotatable bonds is 3. The average Bonchev–Trinajstić information content (AvgIpc) is 2.82. The maximum atomic E-state index is 12.3. The molecule has 0 saturated carbocycles. The van der Waals surface area contributed by atoms with Gasteiger partial charge in [0.25, 0.3) is 0 Å². The molecule has 1 saturated heterocycles. The van der Waals surface area contributed by atoms with Gasteiger partial charge in [-0.1, -0.05) is 0 Å². The highest BCUT2D eigenvalue weighted by molar-refractivity contribution is 14.1. The molecule has 0 atom stereocenters. The van der Waals surface area contributed by atoms with Crippen molar-refractivity contribution in [1.29, 1.82) is 0 Å².